The van der Waals surface area contributed by atoms with Gasteiger partial charge in [0.15, 0.2) is 0 Å². The van der Waals surface area contributed by atoms with Crippen LogP contribution < -0.4 is 0 Å². The van der Waals surface area contributed by atoms with E-state index in [-0.39, 0.29) is 0 Å². The zero-order valence-electron chi connectivity index (χ0n) is 13.4. The van der Waals surface area contributed by atoms with Gasteiger partial charge in [0.05, 0.1) is 0 Å². The van der Waals surface area contributed by atoms with Crippen molar-refractivity contribution in [1.82, 2.24) is 0 Å². The summed E-state index contributed by atoms with van der Waals surface area (Å²) in [6, 6.07) is 14.1. The second-order valence-electron chi connectivity index (χ2n) is 6.60. The van der Waals surface area contributed by atoms with Gasteiger partial charge < -0.3 is 0 Å². The Morgan fingerprint density at radius 1 is 0.346 bits per heavy atom. The van der Waals surface area contributed by atoms with Crippen molar-refractivity contribution >= 4 is 107 Å². The van der Waals surface area contributed by atoms with E-state index in [0.29, 0.717) is 0 Å². The third-order valence-corrected chi connectivity index (χ3v) is 9.17. The molecule has 4 heteroatoms. The summed E-state index contributed by atoms with van der Waals surface area (Å²) in [7, 11) is 0. The largest absolute Gasteiger partial charge is 0.143 e. The highest BCUT2D eigenvalue weighted by molar-refractivity contribution is 7.22. The Kier molecular flexibility index (Phi) is 2.63. The normalized spacial score (nSPS) is 12.6. The van der Waals surface area contributed by atoms with Gasteiger partial charge in [-0.2, -0.15) is 0 Å². The molecule has 0 unspecified atom stereocenters. The highest BCUT2D eigenvalue weighted by Crippen LogP contribution is 2.46. The molecule has 0 radical (unpaired) electrons. The van der Waals surface area contributed by atoms with E-state index >= 15 is 0 Å². The fourth-order valence-electron chi connectivity index (χ4n) is 4.27. The van der Waals surface area contributed by atoms with Crippen molar-refractivity contribution in [3.63, 3.8) is 0 Å². The highest BCUT2D eigenvalue weighted by atomic mass is 32.1. The Balaban J connectivity index is 1.88. The lowest BCUT2D eigenvalue weighted by molar-refractivity contribution is 2.01. The van der Waals surface area contributed by atoms with Crippen molar-refractivity contribution in [1.29, 1.82) is 0 Å². The van der Waals surface area contributed by atoms with Gasteiger partial charge in [0.25, 0.3) is 0 Å². The van der Waals surface area contributed by atoms with Gasteiger partial charge in [0, 0.05) is 51.1 Å². The highest BCUT2D eigenvalue weighted by Gasteiger charge is 2.15. The van der Waals surface area contributed by atoms with Crippen LogP contribution in [0.2, 0.25) is 0 Å². The van der Waals surface area contributed by atoms with Crippen molar-refractivity contribution in [2.75, 3.05) is 0 Å². The Morgan fingerprint density at radius 2 is 0.692 bits per heavy atom. The molecule has 3 aromatic carbocycles. The van der Waals surface area contributed by atoms with E-state index in [1.807, 2.05) is 45.3 Å². The van der Waals surface area contributed by atoms with Gasteiger partial charge in [-0.15, -0.1) is 45.3 Å². The molecule has 0 nitrogen and oxygen atoms in total. The first-order chi connectivity index (χ1) is 12.9. The molecular formula is C22H10S4. The van der Waals surface area contributed by atoms with Crippen molar-refractivity contribution in [2.45, 2.75) is 0 Å². The Labute approximate surface area is 164 Å². The summed E-state index contributed by atoms with van der Waals surface area (Å²) >= 11 is 7.46. The van der Waals surface area contributed by atoms with Crippen LogP contribution in [0.15, 0.2) is 57.9 Å². The van der Waals surface area contributed by atoms with E-state index in [9.17, 15) is 0 Å². The number of rotatable bonds is 0. The molecule has 4 heterocycles. The van der Waals surface area contributed by atoms with E-state index in [4.69, 9.17) is 0 Å². The van der Waals surface area contributed by atoms with E-state index in [1.54, 1.807) is 0 Å². The zero-order chi connectivity index (χ0) is 16.8. The van der Waals surface area contributed by atoms with Crippen LogP contribution in [0.4, 0.5) is 0 Å². The smallest absolute Gasteiger partial charge is 0.0436 e. The predicted molar refractivity (Wildman–Crippen MR) is 123 cm³/mol. The molecular weight excluding hydrogens is 393 g/mol. The van der Waals surface area contributed by atoms with Crippen LogP contribution >= 0.6 is 45.3 Å². The maximum atomic E-state index is 2.45. The predicted octanol–water partition coefficient (Wildman–Crippen LogP) is 8.85. The van der Waals surface area contributed by atoms with Gasteiger partial charge >= 0.3 is 0 Å². The van der Waals surface area contributed by atoms with Crippen LogP contribution in [0.1, 0.15) is 0 Å². The molecule has 7 rings (SSSR count). The minimum atomic E-state index is 1.40. The topological polar surface area (TPSA) is 0 Å². The molecule has 7 aromatic rings. The van der Waals surface area contributed by atoms with Gasteiger partial charge in [-0.1, -0.05) is 0 Å². The Morgan fingerprint density at radius 3 is 1.12 bits per heavy atom. The van der Waals surface area contributed by atoms with E-state index in [0.717, 1.165) is 0 Å². The summed E-state index contributed by atoms with van der Waals surface area (Å²) in [4.78, 5) is 0. The average Bonchev–Trinajstić information content (AvgIpc) is 3.46. The van der Waals surface area contributed by atoms with Gasteiger partial charge in [-0.05, 0) is 68.7 Å². The van der Waals surface area contributed by atoms with Gasteiger partial charge in [-0.25, -0.2) is 0 Å². The third kappa shape index (κ3) is 1.60. The summed E-state index contributed by atoms with van der Waals surface area (Å²) in [6.07, 6.45) is 0. The van der Waals surface area contributed by atoms with Crippen LogP contribution in [0, 0.1) is 0 Å². The minimum absolute atomic E-state index is 1.40. The molecule has 26 heavy (non-hydrogen) atoms. The van der Waals surface area contributed by atoms with Crippen molar-refractivity contribution in [3.05, 3.63) is 57.9 Å². The van der Waals surface area contributed by atoms with E-state index in [1.165, 1.54) is 61.9 Å². The van der Waals surface area contributed by atoms with Crippen LogP contribution in [-0.4, -0.2) is 0 Å². The maximum absolute atomic E-state index is 2.45. The van der Waals surface area contributed by atoms with Gasteiger partial charge in [0.2, 0.25) is 0 Å². The molecule has 0 saturated carbocycles. The number of thiophene rings is 4. The summed E-state index contributed by atoms with van der Waals surface area (Å²) in [5.41, 5.74) is 0. The number of hydrogen-bond acceptors (Lipinski definition) is 4. The molecule has 0 saturated heterocycles. The molecule has 0 atom stereocenters. The van der Waals surface area contributed by atoms with Gasteiger partial charge in [0.1, 0.15) is 0 Å². The van der Waals surface area contributed by atoms with Crippen LogP contribution in [0.3, 0.4) is 0 Å². The fourth-order valence-corrected chi connectivity index (χ4v) is 8.15. The molecule has 0 N–H and O–H groups in total. The van der Waals surface area contributed by atoms with Crippen LogP contribution in [-0.2, 0) is 0 Å². The van der Waals surface area contributed by atoms with Crippen LogP contribution in [0.25, 0.3) is 61.9 Å². The number of hydrogen-bond donors (Lipinski definition) is 0. The number of benzene rings is 3. The van der Waals surface area contributed by atoms with Gasteiger partial charge in [-0.3, -0.25) is 0 Å². The molecule has 0 fully saturated rings. The standard InChI is InChI=1S/C22H10S4/c1-5-23-19-11(1)15-9-18-16(10-17(15)21-13(19)3-7-25-21)12-2-6-24-20(12)14-4-8-26-22(14)18/h1-10H. The first-order valence-corrected chi connectivity index (χ1v) is 11.9. The first-order valence-electron chi connectivity index (χ1n) is 8.40. The molecule has 122 valence electrons. The zero-order valence-corrected chi connectivity index (χ0v) is 16.7. The summed E-state index contributed by atoms with van der Waals surface area (Å²) in [5, 5.41) is 20.1. The Hall–Kier alpha value is -1.98. The van der Waals surface area contributed by atoms with Crippen molar-refractivity contribution in [2.24, 2.45) is 0 Å². The second-order valence-corrected chi connectivity index (χ2v) is 10.3. The fraction of sp³-hybridized carbons (Fsp3) is 0. The molecule has 0 aliphatic rings. The second kappa shape index (κ2) is 4.84. The molecule has 0 aliphatic heterocycles. The molecule has 4 aromatic heterocycles. The summed E-state index contributed by atoms with van der Waals surface area (Å²) < 4.78 is 5.69. The molecule has 0 aliphatic carbocycles. The van der Waals surface area contributed by atoms with E-state index < -0.39 is 0 Å². The minimum Gasteiger partial charge on any atom is -0.143 e. The van der Waals surface area contributed by atoms with E-state index in [2.05, 4.69) is 57.9 Å². The summed E-state index contributed by atoms with van der Waals surface area (Å²) in [5.74, 6) is 0. The quantitative estimate of drug-likeness (QED) is 0.222. The molecule has 0 amide bonds. The molecule has 0 spiro atoms. The summed E-state index contributed by atoms with van der Waals surface area (Å²) in [6.45, 7) is 0. The third-order valence-electron chi connectivity index (χ3n) is 5.38. The monoisotopic (exact) mass is 402 g/mol. The lowest BCUT2D eigenvalue weighted by Gasteiger charge is -2.09. The average molecular weight is 403 g/mol. The maximum Gasteiger partial charge on any atom is 0.0436 e. The first kappa shape index (κ1) is 14.1. The lowest BCUT2D eigenvalue weighted by Crippen LogP contribution is -1.80. The van der Waals surface area contributed by atoms with Crippen LogP contribution in [0.5, 0.6) is 0 Å². The van der Waals surface area contributed by atoms with Crippen molar-refractivity contribution < 1.29 is 0 Å². The molecule has 0 bridgehead atoms. The van der Waals surface area contributed by atoms with Crippen molar-refractivity contribution in [3.8, 4) is 0 Å². The number of fused-ring (bicyclic) bond motifs is 12. The SMILES string of the molecule is c1cc2c3cc4c(cc3c3sccc3c2s1)c1ccsc1c1ccsc41. The Bertz CT molecular complexity index is 1390. The lowest BCUT2D eigenvalue weighted by atomic mass is 9.97.